The average Bonchev–Trinajstić information content (AvgIpc) is 3.28. The third kappa shape index (κ3) is 4.26. The summed E-state index contributed by atoms with van der Waals surface area (Å²) in [7, 11) is 0. The van der Waals surface area contributed by atoms with Crippen LogP contribution in [0.15, 0.2) is 65.5 Å². The van der Waals surface area contributed by atoms with Gasteiger partial charge in [-0.05, 0) is 36.4 Å². The standard InChI is InChI=1S/C21H19FN4O3/c22-16-3-1-4-17(12-16)24-20(27)15-11-18(14-23-13-15)25-6-8-26(9-7-25)21(28)19-5-2-10-29-19/h1-5,10-14H,6-9H2,(H,24,27). The topological polar surface area (TPSA) is 78.7 Å². The minimum absolute atomic E-state index is 0.129. The van der Waals surface area contributed by atoms with Crippen molar-refractivity contribution in [2.75, 3.05) is 36.4 Å². The molecule has 0 bridgehead atoms. The highest BCUT2D eigenvalue weighted by atomic mass is 19.1. The summed E-state index contributed by atoms with van der Waals surface area (Å²) in [5.41, 5.74) is 1.55. The smallest absolute Gasteiger partial charge is 0.289 e. The third-order valence-corrected chi connectivity index (χ3v) is 4.73. The molecule has 29 heavy (non-hydrogen) atoms. The highest BCUT2D eigenvalue weighted by Crippen LogP contribution is 2.19. The molecule has 0 unspecified atom stereocenters. The lowest BCUT2D eigenvalue weighted by atomic mass is 10.2. The summed E-state index contributed by atoms with van der Waals surface area (Å²) in [6, 6.07) is 10.8. The monoisotopic (exact) mass is 394 g/mol. The molecule has 2 aromatic heterocycles. The molecule has 1 saturated heterocycles. The van der Waals surface area contributed by atoms with E-state index in [1.54, 1.807) is 35.4 Å². The van der Waals surface area contributed by atoms with E-state index >= 15 is 0 Å². The summed E-state index contributed by atoms with van der Waals surface area (Å²) in [6.45, 7) is 2.31. The van der Waals surface area contributed by atoms with Gasteiger partial charge in [-0.25, -0.2) is 4.39 Å². The van der Waals surface area contributed by atoms with Crippen LogP contribution in [0.4, 0.5) is 15.8 Å². The first-order valence-electron chi connectivity index (χ1n) is 9.20. The summed E-state index contributed by atoms with van der Waals surface area (Å²) in [5, 5.41) is 2.67. The Kier molecular flexibility index (Phi) is 5.24. The van der Waals surface area contributed by atoms with Crippen molar-refractivity contribution in [3.63, 3.8) is 0 Å². The van der Waals surface area contributed by atoms with E-state index in [1.165, 1.54) is 30.7 Å². The quantitative estimate of drug-likeness (QED) is 0.736. The predicted molar refractivity (Wildman–Crippen MR) is 105 cm³/mol. The van der Waals surface area contributed by atoms with Crippen LogP contribution in [0.25, 0.3) is 0 Å². The molecular weight excluding hydrogens is 375 g/mol. The number of nitrogens with zero attached hydrogens (tertiary/aromatic N) is 3. The minimum atomic E-state index is -0.420. The number of halogens is 1. The molecule has 0 spiro atoms. The number of aromatic nitrogens is 1. The van der Waals surface area contributed by atoms with Gasteiger partial charge in [-0.3, -0.25) is 14.6 Å². The van der Waals surface area contributed by atoms with E-state index in [9.17, 15) is 14.0 Å². The van der Waals surface area contributed by atoms with Crippen molar-refractivity contribution in [2.24, 2.45) is 0 Å². The van der Waals surface area contributed by atoms with Crippen molar-refractivity contribution in [2.45, 2.75) is 0 Å². The van der Waals surface area contributed by atoms with Crippen LogP contribution in [0.5, 0.6) is 0 Å². The van der Waals surface area contributed by atoms with Crippen LogP contribution in [0.1, 0.15) is 20.9 Å². The zero-order valence-electron chi connectivity index (χ0n) is 15.5. The van der Waals surface area contributed by atoms with Gasteiger partial charge in [0.2, 0.25) is 0 Å². The molecule has 1 aromatic carbocycles. The lowest BCUT2D eigenvalue weighted by Gasteiger charge is -2.35. The first-order valence-corrected chi connectivity index (χ1v) is 9.20. The van der Waals surface area contributed by atoms with Gasteiger partial charge in [0.25, 0.3) is 11.8 Å². The first-order chi connectivity index (χ1) is 14.1. The normalized spacial score (nSPS) is 14.0. The fourth-order valence-electron chi connectivity index (χ4n) is 3.22. The summed E-state index contributed by atoms with van der Waals surface area (Å²) in [6.07, 6.45) is 4.63. The predicted octanol–water partition coefficient (Wildman–Crippen LogP) is 3.03. The second-order valence-corrected chi connectivity index (χ2v) is 6.65. The maximum absolute atomic E-state index is 13.3. The number of rotatable bonds is 4. The van der Waals surface area contributed by atoms with Gasteiger partial charge in [0.15, 0.2) is 5.76 Å². The average molecular weight is 394 g/mol. The van der Waals surface area contributed by atoms with Crippen molar-refractivity contribution >= 4 is 23.2 Å². The van der Waals surface area contributed by atoms with E-state index in [0.717, 1.165) is 5.69 Å². The van der Waals surface area contributed by atoms with E-state index in [4.69, 9.17) is 4.42 Å². The van der Waals surface area contributed by atoms with Crippen LogP contribution < -0.4 is 10.2 Å². The van der Waals surface area contributed by atoms with Crippen LogP contribution in [0, 0.1) is 5.82 Å². The molecule has 0 aliphatic carbocycles. The number of anilines is 2. The fraction of sp³-hybridized carbons (Fsp3) is 0.190. The number of piperazine rings is 1. The molecule has 1 aliphatic heterocycles. The maximum atomic E-state index is 13.3. The van der Waals surface area contributed by atoms with E-state index in [-0.39, 0.29) is 11.8 Å². The highest BCUT2D eigenvalue weighted by Gasteiger charge is 2.24. The second kappa shape index (κ2) is 8.14. The van der Waals surface area contributed by atoms with Gasteiger partial charge in [0.05, 0.1) is 23.7 Å². The van der Waals surface area contributed by atoms with Crippen LogP contribution in [0.3, 0.4) is 0 Å². The lowest BCUT2D eigenvalue weighted by Crippen LogP contribution is -2.48. The van der Waals surface area contributed by atoms with Gasteiger partial charge >= 0.3 is 0 Å². The summed E-state index contributed by atoms with van der Waals surface area (Å²) < 4.78 is 18.5. The Hall–Kier alpha value is -3.68. The van der Waals surface area contributed by atoms with E-state index in [1.807, 2.05) is 0 Å². The third-order valence-electron chi connectivity index (χ3n) is 4.73. The first kappa shape index (κ1) is 18.7. The van der Waals surface area contributed by atoms with E-state index in [0.29, 0.717) is 43.2 Å². The molecule has 1 aliphatic rings. The number of pyridine rings is 1. The molecule has 0 saturated carbocycles. The van der Waals surface area contributed by atoms with Gasteiger partial charge in [-0.2, -0.15) is 0 Å². The summed E-state index contributed by atoms with van der Waals surface area (Å²) in [4.78, 5) is 32.8. The number of nitrogens with one attached hydrogen (secondary N) is 1. The fourth-order valence-corrected chi connectivity index (χ4v) is 3.22. The SMILES string of the molecule is O=C(Nc1cccc(F)c1)c1cncc(N2CCN(C(=O)c3ccco3)CC2)c1. The summed E-state index contributed by atoms with van der Waals surface area (Å²) >= 11 is 0. The van der Waals surface area contributed by atoms with Crippen molar-refractivity contribution in [1.82, 2.24) is 9.88 Å². The second-order valence-electron chi connectivity index (χ2n) is 6.65. The van der Waals surface area contributed by atoms with Crippen LogP contribution in [-0.4, -0.2) is 47.9 Å². The molecule has 1 N–H and O–H groups in total. The largest absolute Gasteiger partial charge is 0.459 e. The molecule has 3 aromatic rings. The van der Waals surface area contributed by atoms with Crippen molar-refractivity contribution in [3.8, 4) is 0 Å². The number of hydrogen-bond acceptors (Lipinski definition) is 5. The van der Waals surface area contributed by atoms with Crippen LogP contribution >= 0.6 is 0 Å². The molecule has 3 heterocycles. The minimum Gasteiger partial charge on any atom is -0.459 e. The molecule has 1 fully saturated rings. The Morgan fingerprint density at radius 3 is 2.59 bits per heavy atom. The Morgan fingerprint density at radius 1 is 1.03 bits per heavy atom. The number of hydrogen-bond donors (Lipinski definition) is 1. The number of carbonyl (C=O) groups excluding carboxylic acids is 2. The Bertz CT molecular complexity index is 1010. The van der Waals surface area contributed by atoms with Gasteiger partial charge in [-0.1, -0.05) is 6.07 Å². The highest BCUT2D eigenvalue weighted by molar-refractivity contribution is 6.04. The summed E-state index contributed by atoms with van der Waals surface area (Å²) in [5.74, 6) is -0.583. The molecule has 2 amide bonds. The Labute approximate surface area is 166 Å². The molecule has 8 heteroatoms. The van der Waals surface area contributed by atoms with Crippen molar-refractivity contribution in [3.05, 3.63) is 78.3 Å². The van der Waals surface area contributed by atoms with Gasteiger partial charge in [-0.15, -0.1) is 0 Å². The zero-order valence-corrected chi connectivity index (χ0v) is 15.5. The molecule has 148 valence electrons. The maximum Gasteiger partial charge on any atom is 0.289 e. The van der Waals surface area contributed by atoms with E-state index in [2.05, 4.69) is 15.2 Å². The van der Waals surface area contributed by atoms with Crippen LogP contribution in [-0.2, 0) is 0 Å². The lowest BCUT2D eigenvalue weighted by molar-refractivity contribution is 0.0714. The van der Waals surface area contributed by atoms with Crippen LogP contribution in [0.2, 0.25) is 0 Å². The van der Waals surface area contributed by atoms with Gasteiger partial charge < -0.3 is 19.5 Å². The molecule has 0 atom stereocenters. The molecule has 7 nitrogen and oxygen atoms in total. The Morgan fingerprint density at radius 2 is 1.86 bits per heavy atom. The number of carbonyl (C=O) groups is 2. The van der Waals surface area contributed by atoms with E-state index < -0.39 is 5.82 Å². The molecular formula is C21H19FN4O3. The van der Waals surface area contributed by atoms with Gasteiger partial charge in [0, 0.05) is 38.1 Å². The molecule has 0 radical (unpaired) electrons. The van der Waals surface area contributed by atoms with Crippen molar-refractivity contribution in [1.29, 1.82) is 0 Å². The number of benzene rings is 1. The van der Waals surface area contributed by atoms with Gasteiger partial charge in [0.1, 0.15) is 5.82 Å². The zero-order chi connectivity index (χ0) is 20.2. The Balaban J connectivity index is 1.40. The van der Waals surface area contributed by atoms with Crippen molar-refractivity contribution < 1.29 is 18.4 Å². The number of furan rings is 1. The number of amides is 2. The molecule has 4 rings (SSSR count).